The normalized spacial score (nSPS) is 14.4. The highest BCUT2D eigenvalue weighted by atomic mass is 16.4. The van der Waals surface area contributed by atoms with Gasteiger partial charge in [-0.25, -0.2) is 4.98 Å². The van der Waals surface area contributed by atoms with Crippen LogP contribution in [0.2, 0.25) is 0 Å². The van der Waals surface area contributed by atoms with Gasteiger partial charge in [0.15, 0.2) is 0 Å². The van der Waals surface area contributed by atoms with Gasteiger partial charge in [0.2, 0.25) is 5.89 Å². The molecule has 0 bridgehead atoms. The second-order valence-electron chi connectivity index (χ2n) is 5.79. The van der Waals surface area contributed by atoms with E-state index in [0.717, 1.165) is 11.7 Å². The Morgan fingerprint density at radius 2 is 1.94 bits per heavy atom. The maximum Gasteiger partial charge on any atom is 0.208 e. The molecule has 0 aliphatic rings. The lowest BCUT2D eigenvalue weighted by atomic mass is 9.96. The van der Waals surface area contributed by atoms with Crippen molar-refractivity contribution in [2.24, 2.45) is 5.92 Å². The highest BCUT2D eigenvalue weighted by molar-refractivity contribution is 5.01. The summed E-state index contributed by atoms with van der Waals surface area (Å²) < 4.78 is 5.73. The molecule has 1 rings (SSSR count). The molecule has 92 valence electrons. The second-order valence-corrected chi connectivity index (χ2v) is 5.79. The van der Waals surface area contributed by atoms with E-state index in [9.17, 15) is 0 Å². The summed E-state index contributed by atoms with van der Waals surface area (Å²) in [7, 11) is 0. The molecule has 1 heterocycles. The quantitative estimate of drug-likeness (QED) is 0.852. The zero-order valence-corrected chi connectivity index (χ0v) is 11.3. The Kier molecular flexibility index (Phi) is 4.14. The van der Waals surface area contributed by atoms with E-state index in [4.69, 9.17) is 4.42 Å². The number of rotatable bonds is 4. The first-order valence-corrected chi connectivity index (χ1v) is 5.99. The van der Waals surface area contributed by atoms with Crippen LogP contribution >= 0.6 is 0 Å². The Balaban J connectivity index is 2.58. The van der Waals surface area contributed by atoms with E-state index in [-0.39, 0.29) is 5.54 Å². The molecule has 0 fully saturated rings. The van der Waals surface area contributed by atoms with Gasteiger partial charge in [0.25, 0.3) is 0 Å². The van der Waals surface area contributed by atoms with Crippen molar-refractivity contribution in [1.29, 1.82) is 0 Å². The minimum Gasteiger partial charge on any atom is -0.444 e. The molecule has 0 amide bonds. The van der Waals surface area contributed by atoms with Crippen molar-refractivity contribution in [3.05, 3.63) is 17.8 Å². The van der Waals surface area contributed by atoms with Crippen LogP contribution in [0.1, 0.15) is 59.1 Å². The van der Waals surface area contributed by atoms with E-state index in [1.54, 1.807) is 0 Å². The van der Waals surface area contributed by atoms with Gasteiger partial charge in [0.05, 0.1) is 12.7 Å². The maximum absolute atomic E-state index is 5.73. The first-order valence-electron chi connectivity index (χ1n) is 5.99. The van der Waals surface area contributed by atoms with E-state index in [0.29, 0.717) is 18.4 Å². The Morgan fingerprint density at radius 1 is 1.31 bits per heavy atom. The predicted molar refractivity (Wildman–Crippen MR) is 66.3 cm³/mol. The van der Waals surface area contributed by atoms with Gasteiger partial charge in [-0.15, -0.1) is 0 Å². The molecule has 0 saturated carbocycles. The second kappa shape index (κ2) is 5.00. The van der Waals surface area contributed by atoms with Gasteiger partial charge in [-0.3, -0.25) is 0 Å². The van der Waals surface area contributed by atoms with Crippen molar-refractivity contribution in [3.8, 4) is 0 Å². The summed E-state index contributed by atoms with van der Waals surface area (Å²) >= 11 is 0. The van der Waals surface area contributed by atoms with Crippen molar-refractivity contribution >= 4 is 0 Å². The molecule has 3 heteroatoms. The molecule has 0 aliphatic carbocycles. The van der Waals surface area contributed by atoms with Gasteiger partial charge in [0, 0.05) is 11.5 Å². The fourth-order valence-electron chi connectivity index (χ4n) is 1.29. The lowest BCUT2D eigenvalue weighted by Crippen LogP contribution is -2.35. The van der Waals surface area contributed by atoms with Crippen LogP contribution in [0, 0.1) is 5.92 Å². The van der Waals surface area contributed by atoms with Crippen LogP contribution in [0.5, 0.6) is 0 Å². The third-order valence-corrected chi connectivity index (χ3v) is 2.79. The lowest BCUT2D eigenvalue weighted by molar-refractivity contribution is 0.351. The van der Waals surface area contributed by atoms with Crippen molar-refractivity contribution in [2.75, 3.05) is 0 Å². The minimum atomic E-state index is 0.0955. The number of nitrogens with one attached hydrogen (secondary N) is 1. The standard InChI is InChI=1S/C13H24N2O/c1-9(2)10(3)11-7-14-12(16-11)8-15-13(4,5)6/h7,9-10,15H,8H2,1-6H3. The van der Waals surface area contributed by atoms with E-state index in [1.165, 1.54) is 0 Å². The molecule has 0 aliphatic heterocycles. The van der Waals surface area contributed by atoms with Crippen molar-refractivity contribution in [1.82, 2.24) is 10.3 Å². The third-order valence-electron chi connectivity index (χ3n) is 2.79. The molecule has 3 nitrogen and oxygen atoms in total. The van der Waals surface area contributed by atoms with Gasteiger partial charge in [0.1, 0.15) is 5.76 Å². The Labute approximate surface area is 98.6 Å². The molecule has 1 unspecified atom stereocenters. The zero-order valence-electron chi connectivity index (χ0n) is 11.3. The van der Waals surface area contributed by atoms with Crippen LogP contribution < -0.4 is 5.32 Å². The molecular formula is C13H24N2O. The Hall–Kier alpha value is -0.830. The summed E-state index contributed by atoms with van der Waals surface area (Å²) in [4.78, 5) is 4.29. The lowest BCUT2D eigenvalue weighted by Gasteiger charge is -2.19. The average molecular weight is 224 g/mol. The number of nitrogens with zero attached hydrogens (tertiary/aromatic N) is 1. The SMILES string of the molecule is CC(C)C(C)c1cnc(CNC(C)(C)C)o1. The van der Waals surface area contributed by atoms with Crippen molar-refractivity contribution < 1.29 is 4.42 Å². The molecule has 16 heavy (non-hydrogen) atoms. The van der Waals surface area contributed by atoms with E-state index in [2.05, 4.69) is 51.8 Å². The summed E-state index contributed by atoms with van der Waals surface area (Å²) in [5.41, 5.74) is 0.0955. The summed E-state index contributed by atoms with van der Waals surface area (Å²) in [5, 5.41) is 3.36. The van der Waals surface area contributed by atoms with Crippen LogP contribution in [0.15, 0.2) is 10.6 Å². The minimum absolute atomic E-state index is 0.0955. The maximum atomic E-state index is 5.73. The van der Waals surface area contributed by atoms with Crippen LogP contribution in [0.4, 0.5) is 0 Å². The number of oxazole rings is 1. The smallest absolute Gasteiger partial charge is 0.208 e. The monoisotopic (exact) mass is 224 g/mol. The van der Waals surface area contributed by atoms with Gasteiger partial charge in [-0.05, 0) is 26.7 Å². The number of hydrogen-bond acceptors (Lipinski definition) is 3. The fraction of sp³-hybridized carbons (Fsp3) is 0.769. The molecule has 0 aromatic carbocycles. The topological polar surface area (TPSA) is 38.1 Å². The molecule has 1 aromatic rings. The van der Waals surface area contributed by atoms with E-state index < -0.39 is 0 Å². The van der Waals surface area contributed by atoms with Crippen molar-refractivity contribution in [2.45, 2.75) is 59.5 Å². The molecule has 1 aromatic heterocycles. The van der Waals surface area contributed by atoms with Gasteiger partial charge < -0.3 is 9.73 Å². The van der Waals surface area contributed by atoms with Crippen LogP contribution in [-0.4, -0.2) is 10.5 Å². The fourth-order valence-corrected chi connectivity index (χ4v) is 1.29. The largest absolute Gasteiger partial charge is 0.444 e. The predicted octanol–water partition coefficient (Wildman–Crippen LogP) is 3.32. The number of hydrogen-bond donors (Lipinski definition) is 1. The average Bonchev–Trinajstić information content (AvgIpc) is 2.60. The Morgan fingerprint density at radius 3 is 2.44 bits per heavy atom. The highest BCUT2D eigenvalue weighted by Gasteiger charge is 2.16. The molecule has 1 N–H and O–H groups in total. The summed E-state index contributed by atoms with van der Waals surface area (Å²) in [5.74, 6) is 2.77. The van der Waals surface area contributed by atoms with Crippen LogP contribution in [0.25, 0.3) is 0 Å². The first kappa shape index (κ1) is 13.2. The third kappa shape index (κ3) is 3.97. The highest BCUT2D eigenvalue weighted by Crippen LogP contribution is 2.24. The van der Waals surface area contributed by atoms with Crippen molar-refractivity contribution in [3.63, 3.8) is 0 Å². The molecule has 0 saturated heterocycles. The summed E-state index contributed by atoms with van der Waals surface area (Å²) in [6.45, 7) is 13.6. The molecular weight excluding hydrogens is 200 g/mol. The van der Waals surface area contributed by atoms with Gasteiger partial charge in [-0.1, -0.05) is 20.8 Å². The first-order chi connectivity index (χ1) is 7.29. The van der Waals surface area contributed by atoms with E-state index in [1.807, 2.05) is 6.20 Å². The number of aromatic nitrogens is 1. The molecule has 0 spiro atoms. The Bertz CT molecular complexity index is 323. The van der Waals surface area contributed by atoms with Gasteiger partial charge in [-0.2, -0.15) is 0 Å². The van der Waals surface area contributed by atoms with E-state index >= 15 is 0 Å². The molecule has 0 radical (unpaired) electrons. The van der Waals surface area contributed by atoms with Crippen LogP contribution in [-0.2, 0) is 6.54 Å². The zero-order chi connectivity index (χ0) is 12.3. The summed E-state index contributed by atoms with van der Waals surface area (Å²) in [6, 6.07) is 0. The summed E-state index contributed by atoms with van der Waals surface area (Å²) in [6.07, 6.45) is 1.85. The van der Waals surface area contributed by atoms with Gasteiger partial charge >= 0.3 is 0 Å². The van der Waals surface area contributed by atoms with Crippen LogP contribution in [0.3, 0.4) is 0 Å². The molecule has 1 atom stereocenters.